The highest BCUT2D eigenvalue weighted by Gasteiger charge is 2.41. The number of halogens is 3. The highest BCUT2D eigenvalue weighted by Crippen LogP contribution is 2.35. The number of alkyl halides is 3. The van der Waals surface area contributed by atoms with Crippen LogP contribution in [0.1, 0.15) is 22.9 Å². The zero-order chi connectivity index (χ0) is 14.0. The summed E-state index contributed by atoms with van der Waals surface area (Å²) < 4.78 is 38.1. The van der Waals surface area contributed by atoms with Crippen molar-refractivity contribution >= 4 is 0 Å². The fourth-order valence-electron chi connectivity index (χ4n) is 1.70. The Labute approximate surface area is 105 Å². The molecule has 1 unspecified atom stereocenters. The van der Waals surface area contributed by atoms with E-state index >= 15 is 0 Å². The molecule has 0 fully saturated rings. The maximum absolute atomic E-state index is 12.7. The number of aromatic nitrogens is 2. The summed E-state index contributed by atoms with van der Waals surface area (Å²) in [4.78, 5) is 10.3. The van der Waals surface area contributed by atoms with Crippen LogP contribution in [0, 0.1) is 16.3 Å². The number of hydrogen-bond acceptors (Lipinski definition) is 3. The molecule has 2 rings (SSSR count). The van der Waals surface area contributed by atoms with Gasteiger partial charge >= 0.3 is 6.18 Å². The minimum Gasteiger partial charge on any atom is -0.272 e. The van der Waals surface area contributed by atoms with E-state index in [4.69, 9.17) is 0 Å². The van der Waals surface area contributed by atoms with E-state index in [0.29, 0.717) is 0 Å². The Morgan fingerprint density at radius 3 is 2.47 bits per heavy atom. The third-order valence-electron chi connectivity index (χ3n) is 2.50. The lowest BCUT2D eigenvalue weighted by Gasteiger charge is -2.11. The molecular formula is C11H7F3N3O2. The van der Waals surface area contributed by atoms with E-state index in [1.54, 1.807) is 11.2 Å². The van der Waals surface area contributed by atoms with Gasteiger partial charge in [0.25, 0.3) is 6.04 Å². The largest absolute Gasteiger partial charge is 0.433 e. The molecule has 0 saturated carbocycles. The van der Waals surface area contributed by atoms with Gasteiger partial charge in [-0.25, -0.2) is 0 Å². The van der Waals surface area contributed by atoms with E-state index in [2.05, 4.69) is 5.10 Å². The SMILES string of the molecule is O=[N+]([O-])C(c1ccccc1)c1[c]n[nH]c1C(F)(F)F. The lowest BCUT2D eigenvalue weighted by Crippen LogP contribution is -2.17. The van der Waals surface area contributed by atoms with Gasteiger partial charge in [0.1, 0.15) is 6.20 Å². The predicted octanol–water partition coefficient (Wildman–Crippen LogP) is 2.59. The minimum absolute atomic E-state index is 0.135. The number of rotatable bonds is 3. The Hall–Kier alpha value is -2.38. The van der Waals surface area contributed by atoms with Crippen LogP contribution < -0.4 is 0 Å². The van der Waals surface area contributed by atoms with Gasteiger partial charge in [0.05, 0.1) is 5.56 Å². The van der Waals surface area contributed by atoms with Gasteiger partial charge < -0.3 is 0 Å². The van der Waals surface area contributed by atoms with E-state index < -0.39 is 28.4 Å². The molecule has 1 atom stereocenters. The molecule has 2 aromatic rings. The van der Waals surface area contributed by atoms with Gasteiger partial charge in [0, 0.05) is 10.5 Å². The highest BCUT2D eigenvalue weighted by molar-refractivity contribution is 5.31. The second-order valence-corrected chi connectivity index (χ2v) is 3.72. The first kappa shape index (κ1) is 13.1. The summed E-state index contributed by atoms with van der Waals surface area (Å²) in [7, 11) is 0. The molecule has 1 aromatic carbocycles. The first-order valence-corrected chi connectivity index (χ1v) is 5.13. The number of benzene rings is 1. The van der Waals surface area contributed by atoms with Crippen molar-refractivity contribution in [2.75, 3.05) is 0 Å². The average molecular weight is 270 g/mol. The van der Waals surface area contributed by atoms with E-state index in [1.165, 1.54) is 24.3 Å². The lowest BCUT2D eigenvalue weighted by molar-refractivity contribution is -0.517. The fraction of sp³-hybridized carbons (Fsp3) is 0.182. The molecule has 0 bridgehead atoms. The van der Waals surface area contributed by atoms with Gasteiger partial charge in [0.15, 0.2) is 5.69 Å². The van der Waals surface area contributed by atoms with Crippen LogP contribution in [0.5, 0.6) is 0 Å². The van der Waals surface area contributed by atoms with Crippen molar-refractivity contribution in [1.29, 1.82) is 0 Å². The average Bonchev–Trinajstić information content (AvgIpc) is 2.79. The molecule has 0 aliphatic rings. The summed E-state index contributed by atoms with van der Waals surface area (Å²) in [6.45, 7) is 0. The van der Waals surface area contributed by atoms with Crippen molar-refractivity contribution in [2.24, 2.45) is 0 Å². The van der Waals surface area contributed by atoms with Gasteiger partial charge in [0.2, 0.25) is 0 Å². The molecule has 0 saturated heterocycles. The zero-order valence-electron chi connectivity index (χ0n) is 9.31. The second-order valence-electron chi connectivity index (χ2n) is 3.72. The summed E-state index contributed by atoms with van der Waals surface area (Å²) in [5.41, 5.74) is -1.74. The molecule has 8 heteroatoms. The standard InChI is InChI=1S/C11H7F3N3O2/c12-11(13,14)10-8(6-15-16-10)9(17(18)19)7-4-2-1-3-5-7/h1-5,9H,(H,15,16). The van der Waals surface area contributed by atoms with Crippen molar-refractivity contribution in [2.45, 2.75) is 12.2 Å². The number of aromatic amines is 1. The van der Waals surface area contributed by atoms with Crippen molar-refractivity contribution < 1.29 is 18.1 Å². The van der Waals surface area contributed by atoms with Gasteiger partial charge in [-0.3, -0.25) is 15.2 Å². The quantitative estimate of drug-likeness (QED) is 0.688. The first-order valence-electron chi connectivity index (χ1n) is 5.13. The monoisotopic (exact) mass is 270 g/mol. The first-order chi connectivity index (χ1) is 8.91. The Bertz CT molecular complexity index is 580. The smallest absolute Gasteiger partial charge is 0.272 e. The van der Waals surface area contributed by atoms with Crippen LogP contribution in [0.4, 0.5) is 13.2 Å². The number of hydrogen-bond donors (Lipinski definition) is 1. The van der Waals surface area contributed by atoms with Crippen molar-refractivity contribution in [3.05, 3.63) is 63.5 Å². The second kappa shape index (κ2) is 4.71. The number of nitro groups is 1. The Morgan fingerprint density at radius 2 is 1.95 bits per heavy atom. The molecule has 99 valence electrons. The van der Waals surface area contributed by atoms with Crippen molar-refractivity contribution in [1.82, 2.24) is 10.2 Å². The van der Waals surface area contributed by atoms with Gasteiger partial charge in [-0.1, -0.05) is 30.3 Å². The van der Waals surface area contributed by atoms with Crippen LogP contribution >= 0.6 is 0 Å². The van der Waals surface area contributed by atoms with Crippen LogP contribution in [0.2, 0.25) is 0 Å². The lowest BCUT2D eigenvalue weighted by atomic mass is 10.00. The third-order valence-corrected chi connectivity index (χ3v) is 2.50. The van der Waals surface area contributed by atoms with E-state index in [9.17, 15) is 23.3 Å². The van der Waals surface area contributed by atoms with E-state index in [1.807, 2.05) is 6.20 Å². The minimum atomic E-state index is -4.74. The van der Waals surface area contributed by atoms with Crippen LogP contribution in [0.25, 0.3) is 0 Å². The molecule has 1 aromatic heterocycles. The summed E-state index contributed by atoms with van der Waals surface area (Å²) in [6, 6.07) is 5.75. The van der Waals surface area contributed by atoms with Crippen LogP contribution in [0.15, 0.2) is 30.3 Å². The van der Waals surface area contributed by atoms with E-state index in [-0.39, 0.29) is 5.56 Å². The molecule has 0 aliphatic carbocycles. The summed E-state index contributed by atoms with van der Waals surface area (Å²) in [5, 5.41) is 15.9. The van der Waals surface area contributed by atoms with Crippen LogP contribution in [-0.4, -0.2) is 15.1 Å². The zero-order valence-corrected chi connectivity index (χ0v) is 9.31. The molecule has 0 spiro atoms. The van der Waals surface area contributed by atoms with Crippen LogP contribution in [0.3, 0.4) is 0 Å². The topological polar surface area (TPSA) is 71.8 Å². The molecular weight excluding hydrogens is 263 g/mol. The summed E-state index contributed by atoms with van der Waals surface area (Å²) in [5.74, 6) is 0. The van der Waals surface area contributed by atoms with Crippen molar-refractivity contribution in [3.63, 3.8) is 0 Å². The summed E-state index contributed by atoms with van der Waals surface area (Å²) >= 11 is 0. The Balaban J connectivity index is 2.53. The molecule has 1 N–H and O–H groups in total. The van der Waals surface area contributed by atoms with Gasteiger partial charge in [-0.2, -0.15) is 18.3 Å². The Kier molecular flexibility index (Phi) is 3.24. The summed E-state index contributed by atoms with van der Waals surface area (Å²) in [6.07, 6.45) is -2.72. The molecule has 0 amide bonds. The fourth-order valence-corrected chi connectivity index (χ4v) is 1.70. The number of nitrogens with zero attached hydrogens (tertiary/aromatic N) is 2. The van der Waals surface area contributed by atoms with Crippen molar-refractivity contribution in [3.8, 4) is 0 Å². The molecule has 0 aliphatic heterocycles. The third kappa shape index (κ3) is 2.56. The van der Waals surface area contributed by atoms with Gasteiger partial charge in [-0.15, -0.1) is 0 Å². The van der Waals surface area contributed by atoms with Crippen LogP contribution in [-0.2, 0) is 6.18 Å². The maximum Gasteiger partial charge on any atom is 0.433 e. The predicted molar refractivity (Wildman–Crippen MR) is 57.7 cm³/mol. The Morgan fingerprint density at radius 1 is 1.32 bits per heavy atom. The molecule has 19 heavy (non-hydrogen) atoms. The van der Waals surface area contributed by atoms with Gasteiger partial charge in [-0.05, 0) is 0 Å². The molecule has 5 nitrogen and oxygen atoms in total. The molecule has 1 radical (unpaired) electrons. The molecule has 1 heterocycles. The highest BCUT2D eigenvalue weighted by atomic mass is 19.4. The number of H-pyrrole nitrogens is 1. The number of nitrogens with one attached hydrogen (secondary N) is 1. The normalized spacial score (nSPS) is 13.2. The maximum atomic E-state index is 12.7. The van der Waals surface area contributed by atoms with E-state index in [0.717, 1.165) is 0 Å².